The summed E-state index contributed by atoms with van der Waals surface area (Å²) in [6, 6.07) is 7.99. The van der Waals surface area contributed by atoms with Crippen molar-refractivity contribution in [3.8, 4) is 0 Å². The lowest BCUT2D eigenvalue weighted by atomic mass is 9.99. The predicted molar refractivity (Wildman–Crippen MR) is 97.9 cm³/mol. The van der Waals surface area contributed by atoms with Crippen LogP contribution in [-0.2, 0) is 5.75 Å². The molecule has 1 aromatic rings. The smallest absolute Gasteiger partial charge is 0.321 e. The number of amides is 2. The molecule has 0 radical (unpaired) electrons. The Kier molecular flexibility index (Phi) is 6.36. The zero-order valence-corrected chi connectivity index (χ0v) is 15.2. The van der Waals surface area contributed by atoms with Crippen molar-refractivity contribution in [1.29, 1.82) is 0 Å². The van der Waals surface area contributed by atoms with Gasteiger partial charge in [0.25, 0.3) is 0 Å². The van der Waals surface area contributed by atoms with Crippen LogP contribution in [0.2, 0.25) is 0 Å². The molecule has 0 spiro atoms. The number of carbonyl (C=O) groups is 1. The number of hydrogen-bond donors (Lipinski definition) is 2. The number of urea groups is 1. The maximum absolute atomic E-state index is 12.4. The van der Waals surface area contributed by atoms with Crippen molar-refractivity contribution in [1.82, 2.24) is 4.90 Å². The van der Waals surface area contributed by atoms with Gasteiger partial charge in [-0.2, -0.15) is 11.8 Å². The van der Waals surface area contributed by atoms with Gasteiger partial charge in [0, 0.05) is 35.9 Å². The highest BCUT2D eigenvalue weighted by atomic mass is 32.2. The van der Waals surface area contributed by atoms with Gasteiger partial charge in [-0.1, -0.05) is 32.9 Å². The van der Waals surface area contributed by atoms with E-state index < -0.39 is 0 Å². The van der Waals surface area contributed by atoms with Crippen molar-refractivity contribution < 1.29 is 9.90 Å². The number of thioether (sulfide) groups is 1. The van der Waals surface area contributed by atoms with Crippen LogP contribution in [0.15, 0.2) is 24.3 Å². The van der Waals surface area contributed by atoms with Crippen LogP contribution in [0.1, 0.15) is 39.2 Å². The third kappa shape index (κ3) is 6.07. The summed E-state index contributed by atoms with van der Waals surface area (Å²) in [5, 5.41) is 12.3. The minimum absolute atomic E-state index is 0.0659. The molecule has 4 nitrogen and oxygen atoms in total. The molecule has 1 aliphatic heterocycles. The Bertz CT molecular complexity index is 528. The molecule has 5 heteroatoms. The fraction of sp³-hybridized carbons (Fsp3) is 0.611. The molecule has 0 unspecified atom stereocenters. The number of hydrogen-bond acceptors (Lipinski definition) is 3. The molecule has 1 atom stereocenters. The van der Waals surface area contributed by atoms with Gasteiger partial charge in [-0.25, -0.2) is 4.79 Å². The van der Waals surface area contributed by atoms with Crippen molar-refractivity contribution >= 4 is 23.5 Å². The minimum atomic E-state index is -0.0659. The number of piperidine rings is 1. The van der Waals surface area contributed by atoms with E-state index in [2.05, 4.69) is 32.2 Å². The summed E-state index contributed by atoms with van der Waals surface area (Å²) < 4.78 is 0.229. The Balaban J connectivity index is 1.93. The summed E-state index contributed by atoms with van der Waals surface area (Å²) >= 11 is 1.89. The first-order valence-electron chi connectivity index (χ1n) is 8.27. The largest absolute Gasteiger partial charge is 0.396 e. The number of likely N-dealkylation sites (tertiary alicyclic amines) is 1. The molecular formula is C18H28N2O2S. The SMILES string of the molecule is CC(C)(C)SCc1cccc(NC(=O)N2CCC[C@@H](CO)C2)c1. The Labute approximate surface area is 143 Å². The molecule has 2 rings (SSSR count). The second kappa shape index (κ2) is 8.06. The lowest BCUT2D eigenvalue weighted by Gasteiger charge is -2.31. The molecule has 1 heterocycles. The van der Waals surface area contributed by atoms with Gasteiger partial charge >= 0.3 is 6.03 Å². The third-order valence-corrected chi connectivity index (χ3v) is 5.26. The highest BCUT2D eigenvalue weighted by molar-refractivity contribution is 7.99. The molecule has 128 valence electrons. The van der Waals surface area contributed by atoms with Gasteiger partial charge in [0.15, 0.2) is 0 Å². The normalized spacial score (nSPS) is 18.8. The number of carbonyl (C=O) groups excluding carboxylic acids is 1. The average Bonchev–Trinajstić information content (AvgIpc) is 2.53. The molecular weight excluding hydrogens is 308 g/mol. The molecule has 2 amide bonds. The molecule has 2 N–H and O–H groups in total. The van der Waals surface area contributed by atoms with Crippen molar-refractivity contribution in [3.05, 3.63) is 29.8 Å². The van der Waals surface area contributed by atoms with Crippen LogP contribution in [0.5, 0.6) is 0 Å². The summed E-state index contributed by atoms with van der Waals surface area (Å²) in [7, 11) is 0. The summed E-state index contributed by atoms with van der Waals surface area (Å²) in [6.07, 6.45) is 1.96. The number of aliphatic hydroxyl groups excluding tert-OH is 1. The maximum atomic E-state index is 12.4. The number of nitrogens with zero attached hydrogens (tertiary/aromatic N) is 1. The van der Waals surface area contributed by atoms with Crippen LogP contribution < -0.4 is 5.32 Å². The fourth-order valence-corrected chi connectivity index (χ4v) is 3.42. The van der Waals surface area contributed by atoms with Gasteiger partial charge in [-0.15, -0.1) is 0 Å². The van der Waals surface area contributed by atoms with Crippen LogP contribution >= 0.6 is 11.8 Å². The first-order chi connectivity index (χ1) is 10.9. The summed E-state index contributed by atoms with van der Waals surface area (Å²) in [5.74, 6) is 1.15. The van der Waals surface area contributed by atoms with Gasteiger partial charge < -0.3 is 15.3 Å². The maximum Gasteiger partial charge on any atom is 0.321 e. The fourth-order valence-electron chi connectivity index (χ4n) is 2.64. The van der Waals surface area contributed by atoms with Crippen LogP contribution in [0.25, 0.3) is 0 Å². The van der Waals surface area contributed by atoms with E-state index in [1.165, 1.54) is 5.56 Å². The Morgan fingerprint density at radius 2 is 2.22 bits per heavy atom. The van der Waals surface area contributed by atoms with E-state index >= 15 is 0 Å². The molecule has 1 aromatic carbocycles. The van der Waals surface area contributed by atoms with Gasteiger partial charge in [-0.05, 0) is 36.5 Å². The Hall–Kier alpha value is -1.20. The highest BCUT2D eigenvalue weighted by Crippen LogP contribution is 2.28. The first-order valence-corrected chi connectivity index (χ1v) is 9.25. The average molecular weight is 337 g/mol. The molecule has 0 aliphatic carbocycles. The quantitative estimate of drug-likeness (QED) is 0.875. The monoisotopic (exact) mass is 336 g/mol. The van der Waals surface area contributed by atoms with E-state index in [-0.39, 0.29) is 23.3 Å². The number of benzene rings is 1. The summed E-state index contributed by atoms with van der Waals surface area (Å²) in [4.78, 5) is 14.2. The molecule has 1 aliphatic rings. The standard InChI is InChI=1S/C18H28N2O2S/c1-18(2,3)23-13-14-6-4-8-16(10-14)19-17(22)20-9-5-7-15(11-20)12-21/h4,6,8,10,15,21H,5,7,9,11-13H2,1-3H3,(H,19,22)/t15-/m1/s1. The van der Waals surface area contributed by atoms with Gasteiger partial charge in [0.2, 0.25) is 0 Å². The summed E-state index contributed by atoms with van der Waals surface area (Å²) in [6.45, 7) is 8.18. The van der Waals surface area contributed by atoms with Crippen molar-refractivity contribution in [2.45, 2.75) is 44.1 Å². The lowest BCUT2D eigenvalue weighted by molar-refractivity contribution is 0.136. The number of anilines is 1. The third-order valence-electron chi connectivity index (χ3n) is 3.91. The van der Waals surface area contributed by atoms with Crippen molar-refractivity contribution in [2.75, 3.05) is 25.0 Å². The molecule has 0 bridgehead atoms. The van der Waals surface area contributed by atoms with E-state index in [4.69, 9.17) is 0 Å². The van der Waals surface area contributed by atoms with E-state index in [1.807, 2.05) is 30.0 Å². The molecule has 1 fully saturated rings. The van der Waals surface area contributed by atoms with Gasteiger partial charge in [0.05, 0.1) is 0 Å². The van der Waals surface area contributed by atoms with Crippen LogP contribution in [-0.4, -0.2) is 40.5 Å². The minimum Gasteiger partial charge on any atom is -0.396 e. The molecule has 0 aromatic heterocycles. The van der Waals surface area contributed by atoms with Crippen molar-refractivity contribution in [2.24, 2.45) is 5.92 Å². The van der Waals surface area contributed by atoms with Crippen LogP contribution in [0.4, 0.5) is 10.5 Å². The van der Waals surface area contributed by atoms with E-state index in [0.717, 1.165) is 30.8 Å². The van der Waals surface area contributed by atoms with E-state index in [0.29, 0.717) is 6.54 Å². The first kappa shape index (κ1) is 18.1. The van der Waals surface area contributed by atoms with Gasteiger partial charge in [0.1, 0.15) is 0 Å². The zero-order chi connectivity index (χ0) is 16.9. The van der Waals surface area contributed by atoms with Crippen LogP contribution in [0, 0.1) is 5.92 Å². The molecule has 0 saturated carbocycles. The van der Waals surface area contributed by atoms with Gasteiger partial charge in [-0.3, -0.25) is 0 Å². The second-order valence-corrected chi connectivity index (χ2v) is 8.97. The predicted octanol–water partition coefficient (Wildman–Crippen LogP) is 3.95. The number of aliphatic hydroxyl groups is 1. The Morgan fingerprint density at radius 3 is 2.91 bits per heavy atom. The molecule has 1 saturated heterocycles. The summed E-state index contributed by atoms with van der Waals surface area (Å²) in [5.41, 5.74) is 2.06. The van der Waals surface area contributed by atoms with Crippen molar-refractivity contribution in [3.63, 3.8) is 0 Å². The molecule has 23 heavy (non-hydrogen) atoms. The number of rotatable bonds is 4. The Morgan fingerprint density at radius 1 is 1.43 bits per heavy atom. The number of nitrogens with one attached hydrogen (secondary N) is 1. The lowest BCUT2D eigenvalue weighted by Crippen LogP contribution is -2.43. The highest BCUT2D eigenvalue weighted by Gasteiger charge is 2.23. The second-order valence-electron chi connectivity index (χ2n) is 7.17. The zero-order valence-electron chi connectivity index (χ0n) is 14.3. The van der Waals surface area contributed by atoms with E-state index in [1.54, 1.807) is 4.90 Å². The topological polar surface area (TPSA) is 52.6 Å². The van der Waals surface area contributed by atoms with E-state index in [9.17, 15) is 9.90 Å². The van der Waals surface area contributed by atoms with Crippen LogP contribution in [0.3, 0.4) is 0 Å².